The van der Waals surface area contributed by atoms with E-state index < -0.39 is 0 Å². The summed E-state index contributed by atoms with van der Waals surface area (Å²) in [6.07, 6.45) is 2.51. The van der Waals surface area contributed by atoms with E-state index in [1.807, 2.05) is 12.1 Å². The van der Waals surface area contributed by atoms with Crippen molar-refractivity contribution in [3.05, 3.63) is 53.6 Å². The van der Waals surface area contributed by atoms with Crippen molar-refractivity contribution < 1.29 is 9.59 Å². The van der Waals surface area contributed by atoms with Crippen LogP contribution in [-0.2, 0) is 4.79 Å². The number of hydrogen-bond donors (Lipinski definition) is 2. The summed E-state index contributed by atoms with van der Waals surface area (Å²) in [5.41, 5.74) is 1.96. The maximum absolute atomic E-state index is 12.1. The minimum atomic E-state index is -0.384. The molecule has 0 aliphatic carbocycles. The zero-order valence-corrected chi connectivity index (χ0v) is 13.8. The van der Waals surface area contributed by atoms with Gasteiger partial charge in [-0.2, -0.15) is 0 Å². The van der Waals surface area contributed by atoms with Gasteiger partial charge in [-0.1, -0.05) is 29.8 Å². The third-order valence-corrected chi connectivity index (χ3v) is 4.19. The third-order valence-electron chi connectivity index (χ3n) is 3.86. The van der Waals surface area contributed by atoms with Gasteiger partial charge in [-0.15, -0.1) is 0 Å². The van der Waals surface area contributed by atoms with Crippen LogP contribution in [0.15, 0.2) is 48.5 Å². The summed E-state index contributed by atoms with van der Waals surface area (Å²) in [5, 5.41) is 5.94. The number of carbonyl (C=O) groups excluding carboxylic acids is 2. The molecular weight excluding hydrogens is 326 g/mol. The molecule has 124 valence electrons. The van der Waals surface area contributed by atoms with Crippen LogP contribution in [0.25, 0.3) is 0 Å². The Kier molecular flexibility index (Phi) is 5.01. The Morgan fingerprint density at radius 1 is 1.04 bits per heavy atom. The number of nitrogens with zero attached hydrogens (tertiary/aromatic N) is 1. The Labute approximate surface area is 145 Å². The molecule has 0 radical (unpaired) electrons. The molecule has 1 aliphatic rings. The van der Waals surface area contributed by atoms with Crippen molar-refractivity contribution in [2.75, 3.05) is 22.1 Å². The second kappa shape index (κ2) is 7.36. The lowest BCUT2D eigenvalue weighted by atomic mass is 10.1. The van der Waals surface area contributed by atoms with Gasteiger partial charge in [0.1, 0.15) is 0 Å². The highest BCUT2D eigenvalue weighted by molar-refractivity contribution is 6.33. The summed E-state index contributed by atoms with van der Waals surface area (Å²) < 4.78 is 0. The van der Waals surface area contributed by atoms with E-state index in [9.17, 15) is 9.59 Å². The van der Waals surface area contributed by atoms with Gasteiger partial charge in [-0.25, -0.2) is 4.79 Å². The highest BCUT2D eigenvalue weighted by Gasteiger charge is 2.19. The fourth-order valence-corrected chi connectivity index (χ4v) is 2.86. The van der Waals surface area contributed by atoms with Crippen LogP contribution in [0.1, 0.15) is 19.3 Å². The SMILES string of the molecule is O=C(Nc1cccc(N2CCCCC2=O)c1)Nc1ccccc1Cl. The average molecular weight is 344 g/mol. The average Bonchev–Trinajstić information content (AvgIpc) is 2.57. The van der Waals surface area contributed by atoms with E-state index in [4.69, 9.17) is 11.6 Å². The molecule has 2 aromatic carbocycles. The van der Waals surface area contributed by atoms with Crippen LogP contribution < -0.4 is 15.5 Å². The van der Waals surface area contributed by atoms with Crippen LogP contribution in [0, 0.1) is 0 Å². The highest BCUT2D eigenvalue weighted by Crippen LogP contribution is 2.24. The van der Waals surface area contributed by atoms with Crippen molar-refractivity contribution in [2.24, 2.45) is 0 Å². The smallest absolute Gasteiger partial charge is 0.312 e. The van der Waals surface area contributed by atoms with Gasteiger partial charge in [0.05, 0.1) is 10.7 Å². The summed E-state index contributed by atoms with van der Waals surface area (Å²) >= 11 is 6.03. The molecule has 0 atom stereocenters. The van der Waals surface area contributed by atoms with Gasteiger partial charge in [-0.05, 0) is 43.2 Å². The number of nitrogens with one attached hydrogen (secondary N) is 2. The molecule has 1 fully saturated rings. The molecule has 0 bridgehead atoms. The number of halogens is 1. The van der Waals surface area contributed by atoms with Gasteiger partial charge in [0.25, 0.3) is 0 Å². The summed E-state index contributed by atoms with van der Waals surface area (Å²) in [5.74, 6) is 0.124. The van der Waals surface area contributed by atoms with E-state index in [1.54, 1.807) is 41.3 Å². The number of carbonyl (C=O) groups is 2. The maximum Gasteiger partial charge on any atom is 0.323 e. The minimum Gasteiger partial charge on any atom is -0.312 e. The second-order valence-corrected chi connectivity index (χ2v) is 6.02. The van der Waals surface area contributed by atoms with Crippen LogP contribution in [0.3, 0.4) is 0 Å². The number of piperidine rings is 1. The Morgan fingerprint density at radius 2 is 1.88 bits per heavy atom. The molecule has 0 unspecified atom stereocenters. The molecule has 24 heavy (non-hydrogen) atoms. The highest BCUT2D eigenvalue weighted by atomic mass is 35.5. The standard InChI is InChI=1S/C18H18ClN3O2/c19-15-8-1-2-9-16(15)21-18(24)20-13-6-5-7-14(12-13)22-11-4-3-10-17(22)23/h1-2,5-9,12H,3-4,10-11H2,(H2,20,21,24). The summed E-state index contributed by atoms with van der Waals surface area (Å²) in [6, 6.07) is 13.9. The number of rotatable bonds is 3. The second-order valence-electron chi connectivity index (χ2n) is 5.61. The number of urea groups is 1. The number of para-hydroxylation sites is 1. The summed E-state index contributed by atoms with van der Waals surface area (Å²) in [7, 11) is 0. The van der Waals surface area contributed by atoms with Crippen molar-refractivity contribution in [3.63, 3.8) is 0 Å². The molecule has 3 rings (SSSR count). The lowest BCUT2D eigenvalue weighted by Gasteiger charge is -2.27. The van der Waals surface area contributed by atoms with Crippen LogP contribution in [0.4, 0.5) is 21.9 Å². The van der Waals surface area contributed by atoms with Crippen molar-refractivity contribution in [1.29, 1.82) is 0 Å². The minimum absolute atomic E-state index is 0.124. The van der Waals surface area contributed by atoms with Gasteiger partial charge in [0.2, 0.25) is 5.91 Å². The van der Waals surface area contributed by atoms with E-state index in [-0.39, 0.29) is 11.9 Å². The number of anilines is 3. The molecule has 5 nitrogen and oxygen atoms in total. The Morgan fingerprint density at radius 3 is 2.67 bits per heavy atom. The normalized spacial score (nSPS) is 14.4. The van der Waals surface area contributed by atoms with Crippen LogP contribution >= 0.6 is 11.6 Å². The Hall–Kier alpha value is -2.53. The zero-order valence-electron chi connectivity index (χ0n) is 13.1. The van der Waals surface area contributed by atoms with Crippen molar-refractivity contribution in [3.8, 4) is 0 Å². The monoisotopic (exact) mass is 343 g/mol. The molecule has 1 saturated heterocycles. The third kappa shape index (κ3) is 3.86. The van der Waals surface area contributed by atoms with E-state index in [0.717, 1.165) is 18.5 Å². The molecule has 3 amide bonds. The fraction of sp³-hybridized carbons (Fsp3) is 0.222. The van der Waals surface area contributed by atoms with Crippen molar-refractivity contribution in [1.82, 2.24) is 0 Å². The Balaban J connectivity index is 1.69. The van der Waals surface area contributed by atoms with E-state index in [0.29, 0.717) is 29.4 Å². The van der Waals surface area contributed by atoms with Gasteiger partial charge in [-0.3, -0.25) is 4.79 Å². The first kappa shape index (κ1) is 16.3. The van der Waals surface area contributed by atoms with E-state index in [2.05, 4.69) is 10.6 Å². The summed E-state index contributed by atoms with van der Waals surface area (Å²) in [6.45, 7) is 0.716. The predicted octanol–water partition coefficient (Wildman–Crippen LogP) is 4.50. The first-order valence-corrected chi connectivity index (χ1v) is 8.24. The van der Waals surface area contributed by atoms with E-state index >= 15 is 0 Å². The number of amides is 3. The molecular formula is C18H18ClN3O2. The summed E-state index contributed by atoms with van der Waals surface area (Å²) in [4.78, 5) is 25.9. The molecule has 6 heteroatoms. The fourth-order valence-electron chi connectivity index (χ4n) is 2.68. The quantitative estimate of drug-likeness (QED) is 0.861. The first-order valence-electron chi connectivity index (χ1n) is 7.86. The lowest BCUT2D eigenvalue weighted by Crippen LogP contribution is -2.35. The largest absolute Gasteiger partial charge is 0.323 e. The predicted molar refractivity (Wildman–Crippen MR) is 96.7 cm³/mol. The van der Waals surface area contributed by atoms with Crippen LogP contribution in [0.5, 0.6) is 0 Å². The topological polar surface area (TPSA) is 61.4 Å². The molecule has 0 aromatic heterocycles. The number of benzene rings is 2. The molecule has 2 N–H and O–H groups in total. The van der Waals surface area contributed by atoms with Crippen molar-refractivity contribution >= 4 is 40.6 Å². The molecule has 0 saturated carbocycles. The van der Waals surface area contributed by atoms with Crippen LogP contribution in [0.2, 0.25) is 5.02 Å². The maximum atomic E-state index is 12.1. The number of hydrogen-bond acceptors (Lipinski definition) is 2. The van der Waals surface area contributed by atoms with Gasteiger partial charge >= 0.3 is 6.03 Å². The molecule has 1 heterocycles. The Bertz CT molecular complexity index is 763. The zero-order chi connectivity index (χ0) is 16.9. The molecule has 2 aromatic rings. The molecule has 0 spiro atoms. The lowest BCUT2D eigenvalue weighted by molar-refractivity contribution is -0.119. The van der Waals surface area contributed by atoms with Crippen molar-refractivity contribution in [2.45, 2.75) is 19.3 Å². The van der Waals surface area contributed by atoms with Crippen LogP contribution in [-0.4, -0.2) is 18.5 Å². The first-order chi connectivity index (χ1) is 11.6. The van der Waals surface area contributed by atoms with E-state index in [1.165, 1.54) is 0 Å². The van der Waals surface area contributed by atoms with Gasteiger partial charge < -0.3 is 15.5 Å². The van der Waals surface area contributed by atoms with Gasteiger partial charge in [0, 0.05) is 24.3 Å². The van der Waals surface area contributed by atoms with Gasteiger partial charge in [0.15, 0.2) is 0 Å². The molecule has 1 aliphatic heterocycles.